The maximum absolute atomic E-state index is 12.0. The highest BCUT2D eigenvalue weighted by molar-refractivity contribution is 5.91. The van der Waals surface area contributed by atoms with Crippen LogP contribution in [0.4, 0.5) is 5.69 Å². The van der Waals surface area contributed by atoms with Gasteiger partial charge in [-0.3, -0.25) is 4.79 Å². The lowest BCUT2D eigenvalue weighted by molar-refractivity contribution is -0.117. The second-order valence-electron chi connectivity index (χ2n) is 7.40. The number of hydrogen-bond donors (Lipinski definition) is 1. The van der Waals surface area contributed by atoms with Gasteiger partial charge in [0.2, 0.25) is 17.6 Å². The van der Waals surface area contributed by atoms with Crippen molar-refractivity contribution in [2.45, 2.75) is 59.3 Å². The molecule has 1 atom stereocenters. The van der Waals surface area contributed by atoms with E-state index in [1.165, 1.54) is 0 Å². The van der Waals surface area contributed by atoms with Gasteiger partial charge in [0.1, 0.15) is 0 Å². The molecule has 0 radical (unpaired) electrons. The number of benzene rings is 1. The molecule has 0 bridgehead atoms. The Labute approximate surface area is 143 Å². The molecule has 130 valence electrons. The van der Waals surface area contributed by atoms with Gasteiger partial charge in [-0.1, -0.05) is 52.6 Å². The van der Waals surface area contributed by atoms with Crippen molar-refractivity contribution in [1.29, 1.82) is 0 Å². The SMILES string of the molecule is CCCC(C)CC(=O)Nc1ccc(-c2noc(C(C)(C)C)n2)cc1. The predicted octanol–water partition coefficient (Wildman–Crippen LogP) is 4.80. The Morgan fingerprint density at radius 2 is 1.92 bits per heavy atom. The van der Waals surface area contributed by atoms with Crippen LogP contribution in [0.1, 0.15) is 59.8 Å². The first-order valence-corrected chi connectivity index (χ1v) is 8.54. The summed E-state index contributed by atoms with van der Waals surface area (Å²) in [6.07, 6.45) is 2.72. The monoisotopic (exact) mass is 329 g/mol. The van der Waals surface area contributed by atoms with E-state index in [2.05, 4.69) is 29.3 Å². The molecule has 1 amide bonds. The van der Waals surface area contributed by atoms with Gasteiger partial charge in [-0.2, -0.15) is 4.98 Å². The van der Waals surface area contributed by atoms with Gasteiger partial charge in [0.15, 0.2) is 0 Å². The average Bonchev–Trinajstić information content (AvgIpc) is 2.98. The Balaban J connectivity index is 2.00. The topological polar surface area (TPSA) is 68.0 Å². The number of nitrogens with one attached hydrogen (secondary N) is 1. The molecule has 1 aromatic carbocycles. The van der Waals surface area contributed by atoms with Gasteiger partial charge in [-0.15, -0.1) is 0 Å². The van der Waals surface area contributed by atoms with Crippen LogP contribution in [0.15, 0.2) is 28.8 Å². The van der Waals surface area contributed by atoms with E-state index in [1.54, 1.807) is 0 Å². The standard InChI is InChI=1S/C19H27N3O2/c1-6-7-13(2)12-16(23)20-15-10-8-14(9-11-15)17-21-18(24-22-17)19(3,4)5/h8-11,13H,6-7,12H2,1-5H3,(H,20,23). The Morgan fingerprint density at radius 3 is 2.46 bits per heavy atom. The number of amides is 1. The van der Waals surface area contributed by atoms with Crippen molar-refractivity contribution in [3.05, 3.63) is 30.2 Å². The summed E-state index contributed by atoms with van der Waals surface area (Å²) in [7, 11) is 0. The third-order valence-electron chi connectivity index (χ3n) is 3.81. The number of carbonyl (C=O) groups is 1. The minimum Gasteiger partial charge on any atom is -0.338 e. The molecule has 1 unspecified atom stereocenters. The molecule has 2 rings (SSSR count). The molecule has 0 saturated carbocycles. The van der Waals surface area contributed by atoms with E-state index in [9.17, 15) is 4.79 Å². The smallest absolute Gasteiger partial charge is 0.232 e. The fraction of sp³-hybridized carbons (Fsp3) is 0.526. The number of anilines is 1. The molecule has 0 aliphatic heterocycles. The molecular formula is C19H27N3O2. The van der Waals surface area contributed by atoms with Crippen molar-refractivity contribution in [3.8, 4) is 11.4 Å². The van der Waals surface area contributed by atoms with Crippen LogP contribution in [-0.2, 0) is 10.2 Å². The zero-order chi connectivity index (χ0) is 17.7. The molecule has 0 fully saturated rings. The van der Waals surface area contributed by atoms with Crippen molar-refractivity contribution in [2.75, 3.05) is 5.32 Å². The summed E-state index contributed by atoms with van der Waals surface area (Å²) in [5.74, 6) is 1.64. The highest BCUT2D eigenvalue weighted by Crippen LogP contribution is 2.24. The number of nitrogens with zero attached hydrogens (tertiary/aromatic N) is 2. The molecule has 2 aromatic rings. The second-order valence-corrected chi connectivity index (χ2v) is 7.40. The average molecular weight is 329 g/mol. The third-order valence-corrected chi connectivity index (χ3v) is 3.81. The van der Waals surface area contributed by atoms with Gasteiger partial charge in [0.25, 0.3) is 0 Å². The summed E-state index contributed by atoms with van der Waals surface area (Å²) in [6, 6.07) is 7.51. The van der Waals surface area contributed by atoms with E-state index in [1.807, 2.05) is 45.0 Å². The summed E-state index contributed by atoms with van der Waals surface area (Å²) < 4.78 is 5.31. The summed E-state index contributed by atoms with van der Waals surface area (Å²) in [6.45, 7) is 10.3. The van der Waals surface area contributed by atoms with Crippen LogP contribution in [-0.4, -0.2) is 16.0 Å². The van der Waals surface area contributed by atoms with Crippen molar-refractivity contribution < 1.29 is 9.32 Å². The highest BCUT2D eigenvalue weighted by atomic mass is 16.5. The molecule has 5 heteroatoms. The molecule has 0 aliphatic carbocycles. The summed E-state index contributed by atoms with van der Waals surface area (Å²) >= 11 is 0. The van der Waals surface area contributed by atoms with Crippen molar-refractivity contribution in [2.24, 2.45) is 5.92 Å². The molecule has 24 heavy (non-hydrogen) atoms. The Morgan fingerprint density at radius 1 is 1.25 bits per heavy atom. The molecule has 0 saturated heterocycles. The van der Waals surface area contributed by atoms with Crippen LogP contribution in [0, 0.1) is 5.92 Å². The van der Waals surface area contributed by atoms with E-state index in [0.717, 1.165) is 24.1 Å². The fourth-order valence-electron chi connectivity index (χ4n) is 2.47. The van der Waals surface area contributed by atoms with Crippen molar-refractivity contribution in [3.63, 3.8) is 0 Å². The summed E-state index contributed by atoms with van der Waals surface area (Å²) in [5, 5.41) is 6.97. The van der Waals surface area contributed by atoms with Crippen LogP contribution in [0.3, 0.4) is 0 Å². The zero-order valence-electron chi connectivity index (χ0n) is 15.2. The quantitative estimate of drug-likeness (QED) is 0.826. The zero-order valence-corrected chi connectivity index (χ0v) is 15.2. The van der Waals surface area contributed by atoms with E-state index in [0.29, 0.717) is 24.1 Å². The van der Waals surface area contributed by atoms with Crippen molar-refractivity contribution in [1.82, 2.24) is 10.1 Å². The molecule has 0 spiro atoms. The van der Waals surface area contributed by atoms with Gasteiger partial charge in [0.05, 0.1) is 0 Å². The Hall–Kier alpha value is -2.17. The number of carbonyl (C=O) groups excluding carboxylic acids is 1. The first kappa shape index (κ1) is 18.2. The maximum atomic E-state index is 12.0. The normalized spacial score (nSPS) is 12.9. The molecule has 1 heterocycles. The largest absolute Gasteiger partial charge is 0.338 e. The Bertz CT molecular complexity index is 669. The lowest BCUT2D eigenvalue weighted by Gasteiger charge is -2.11. The van der Waals surface area contributed by atoms with E-state index >= 15 is 0 Å². The summed E-state index contributed by atoms with van der Waals surface area (Å²) in [5.41, 5.74) is 1.48. The molecule has 1 aromatic heterocycles. The summed E-state index contributed by atoms with van der Waals surface area (Å²) in [4.78, 5) is 16.5. The van der Waals surface area contributed by atoms with E-state index < -0.39 is 0 Å². The number of hydrogen-bond acceptors (Lipinski definition) is 4. The maximum Gasteiger partial charge on any atom is 0.232 e. The van der Waals surface area contributed by atoms with Gasteiger partial charge in [0, 0.05) is 23.1 Å². The lowest BCUT2D eigenvalue weighted by Crippen LogP contribution is -2.15. The van der Waals surface area contributed by atoms with Gasteiger partial charge in [-0.25, -0.2) is 0 Å². The number of aromatic nitrogens is 2. The first-order valence-electron chi connectivity index (χ1n) is 8.54. The van der Waals surface area contributed by atoms with Crippen LogP contribution in [0.5, 0.6) is 0 Å². The molecule has 0 aliphatic rings. The van der Waals surface area contributed by atoms with Crippen molar-refractivity contribution >= 4 is 11.6 Å². The number of rotatable bonds is 6. The molecule has 5 nitrogen and oxygen atoms in total. The van der Waals surface area contributed by atoms with Crippen LogP contribution in [0.2, 0.25) is 0 Å². The van der Waals surface area contributed by atoms with Crippen LogP contribution in [0.25, 0.3) is 11.4 Å². The first-order chi connectivity index (χ1) is 11.3. The van der Waals surface area contributed by atoms with E-state index in [4.69, 9.17) is 4.52 Å². The van der Waals surface area contributed by atoms with Crippen LogP contribution < -0.4 is 5.32 Å². The minimum atomic E-state index is -0.172. The highest BCUT2D eigenvalue weighted by Gasteiger charge is 2.22. The predicted molar refractivity (Wildman–Crippen MR) is 95.8 cm³/mol. The second kappa shape index (κ2) is 7.60. The van der Waals surface area contributed by atoms with Crippen LogP contribution >= 0.6 is 0 Å². The molecular weight excluding hydrogens is 302 g/mol. The molecule has 1 N–H and O–H groups in total. The lowest BCUT2D eigenvalue weighted by atomic mass is 9.97. The van der Waals surface area contributed by atoms with Gasteiger partial charge < -0.3 is 9.84 Å². The van der Waals surface area contributed by atoms with Gasteiger partial charge in [-0.05, 0) is 30.2 Å². The minimum absolute atomic E-state index is 0.0540. The third kappa shape index (κ3) is 4.91. The van der Waals surface area contributed by atoms with Gasteiger partial charge >= 0.3 is 0 Å². The van der Waals surface area contributed by atoms with E-state index in [-0.39, 0.29) is 11.3 Å². The fourth-order valence-corrected chi connectivity index (χ4v) is 2.47. The Kier molecular flexibility index (Phi) is 5.75.